The molecule has 0 saturated heterocycles. The monoisotopic (exact) mass is 740 g/mol. The molecule has 0 radical (unpaired) electrons. The third-order valence-electron chi connectivity index (χ3n) is 11.9. The van der Waals surface area contributed by atoms with Crippen molar-refractivity contribution in [3.05, 3.63) is 236 Å². The molecule has 274 valence electrons. The Hall–Kier alpha value is -7.42. The summed E-state index contributed by atoms with van der Waals surface area (Å²) in [5, 5.41) is 4.90. The van der Waals surface area contributed by atoms with Gasteiger partial charge in [-0.05, 0) is 127 Å². The van der Waals surface area contributed by atoms with E-state index in [0.29, 0.717) is 5.92 Å². The highest BCUT2D eigenvalue weighted by Gasteiger charge is 2.37. The minimum Gasteiger partial charge on any atom is -0.333 e. The molecule has 0 aromatic heterocycles. The molecule has 1 aliphatic carbocycles. The standard InChI is InChI=1S/C56H40N2/c1-4-13-39(14-5-1)42-17-12-20-50(36-42)57(52-31-32-54-53-21-10-11-22-55(53)58(56(54)38-52)49-18-8-3-9-19-49)51-30-29-46-33-44(27-28-47(46)37-51)45-26-24-41-23-25-43(34-48(41)35-45)40-15-6-2-7-16-40/h1-38,53,55H. The zero-order valence-electron chi connectivity index (χ0n) is 32.0. The van der Waals surface area contributed by atoms with Gasteiger partial charge < -0.3 is 9.80 Å². The Morgan fingerprint density at radius 3 is 1.59 bits per heavy atom. The molecule has 0 amide bonds. The Kier molecular flexibility index (Phi) is 8.33. The Labute approximate surface area is 339 Å². The third-order valence-corrected chi connectivity index (χ3v) is 11.9. The van der Waals surface area contributed by atoms with Crippen LogP contribution in [0.15, 0.2) is 231 Å². The Balaban J connectivity index is 1.01. The molecule has 58 heavy (non-hydrogen) atoms. The van der Waals surface area contributed by atoms with Gasteiger partial charge in [-0.3, -0.25) is 0 Å². The molecule has 0 bridgehead atoms. The molecule has 0 saturated carbocycles. The van der Waals surface area contributed by atoms with Crippen molar-refractivity contribution in [3.8, 4) is 33.4 Å². The molecule has 9 aromatic rings. The van der Waals surface area contributed by atoms with E-state index in [1.807, 2.05) is 0 Å². The predicted octanol–water partition coefficient (Wildman–Crippen LogP) is 15.2. The van der Waals surface area contributed by atoms with Crippen molar-refractivity contribution >= 4 is 50.0 Å². The molecule has 2 heteroatoms. The first-order valence-corrected chi connectivity index (χ1v) is 20.2. The van der Waals surface area contributed by atoms with E-state index in [1.165, 1.54) is 71.9 Å². The van der Waals surface area contributed by atoms with Crippen LogP contribution in [0.1, 0.15) is 11.5 Å². The first-order chi connectivity index (χ1) is 28.7. The first-order valence-electron chi connectivity index (χ1n) is 20.2. The zero-order chi connectivity index (χ0) is 38.4. The molecule has 2 unspecified atom stereocenters. The molecule has 9 aromatic carbocycles. The fourth-order valence-corrected chi connectivity index (χ4v) is 9.04. The molecule has 11 rings (SSSR count). The number of rotatable bonds is 7. The van der Waals surface area contributed by atoms with Crippen molar-refractivity contribution < 1.29 is 0 Å². The van der Waals surface area contributed by atoms with Crippen molar-refractivity contribution in [1.82, 2.24) is 0 Å². The van der Waals surface area contributed by atoms with Crippen LogP contribution in [0.5, 0.6) is 0 Å². The fourth-order valence-electron chi connectivity index (χ4n) is 9.04. The second-order valence-electron chi connectivity index (χ2n) is 15.4. The number of anilines is 5. The van der Waals surface area contributed by atoms with Crippen LogP contribution in [0.2, 0.25) is 0 Å². The minimum atomic E-state index is 0.232. The molecule has 2 atom stereocenters. The summed E-state index contributed by atoms with van der Waals surface area (Å²) in [6, 6.07) is 75.7. The van der Waals surface area contributed by atoms with Crippen LogP contribution in [0.25, 0.3) is 54.9 Å². The maximum absolute atomic E-state index is 2.51. The average molecular weight is 741 g/mol. The highest BCUT2D eigenvalue weighted by Crippen LogP contribution is 2.50. The molecule has 0 fully saturated rings. The quantitative estimate of drug-likeness (QED) is 0.161. The van der Waals surface area contributed by atoms with Crippen molar-refractivity contribution in [2.75, 3.05) is 9.80 Å². The van der Waals surface area contributed by atoms with E-state index in [2.05, 4.69) is 240 Å². The fraction of sp³-hybridized carbons (Fsp3) is 0.0357. The van der Waals surface area contributed by atoms with Crippen LogP contribution in [0.3, 0.4) is 0 Å². The number of hydrogen-bond donors (Lipinski definition) is 0. The normalized spacial score (nSPS) is 15.4. The van der Waals surface area contributed by atoms with Crippen LogP contribution < -0.4 is 9.80 Å². The van der Waals surface area contributed by atoms with Gasteiger partial charge in [-0.1, -0.05) is 164 Å². The molecule has 2 aliphatic rings. The van der Waals surface area contributed by atoms with Gasteiger partial charge in [0.1, 0.15) is 0 Å². The summed E-state index contributed by atoms with van der Waals surface area (Å²) in [6.07, 6.45) is 9.07. The summed E-state index contributed by atoms with van der Waals surface area (Å²) in [5.74, 6) is 0.299. The van der Waals surface area contributed by atoms with E-state index < -0.39 is 0 Å². The third kappa shape index (κ3) is 6.07. The van der Waals surface area contributed by atoms with Crippen molar-refractivity contribution in [2.24, 2.45) is 0 Å². The number of para-hydroxylation sites is 1. The number of allylic oxidation sites excluding steroid dienone is 2. The van der Waals surface area contributed by atoms with Crippen LogP contribution in [-0.4, -0.2) is 6.04 Å². The van der Waals surface area contributed by atoms with Gasteiger partial charge in [-0.15, -0.1) is 0 Å². The van der Waals surface area contributed by atoms with Gasteiger partial charge in [0.05, 0.1) is 6.04 Å². The number of hydrogen-bond acceptors (Lipinski definition) is 2. The molecule has 1 aliphatic heterocycles. The van der Waals surface area contributed by atoms with Crippen LogP contribution >= 0.6 is 0 Å². The smallest absolute Gasteiger partial charge is 0.0629 e. The summed E-state index contributed by atoms with van der Waals surface area (Å²) in [7, 11) is 0. The lowest BCUT2D eigenvalue weighted by Gasteiger charge is -2.30. The van der Waals surface area contributed by atoms with Gasteiger partial charge in [0.25, 0.3) is 0 Å². The highest BCUT2D eigenvalue weighted by atomic mass is 15.2. The lowest BCUT2D eigenvalue weighted by molar-refractivity contribution is 0.745. The Bertz CT molecular complexity index is 3020. The highest BCUT2D eigenvalue weighted by molar-refractivity contribution is 5.95. The average Bonchev–Trinajstić information content (AvgIpc) is 3.63. The van der Waals surface area contributed by atoms with E-state index >= 15 is 0 Å². The number of benzene rings is 9. The zero-order valence-corrected chi connectivity index (χ0v) is 32.0. The van der Waals surface area contributed by atoms with Gasteiger partial charge in [0.2, 0.25) is 0 Å². The SMILES string of the molecule is C1=CC2c3ccc(N(c4cccc(-c5ccccc5)c4)c4ccc5cc(-c6ccc7ccc(-c8ccccc8)cc7c6)ccc5c4)cc3N(c3ccccc3)C2C=C1. The second-order valence-corrected chi connectivity index (χ2v) is 15.4. The summed E-state index contributed by atoms with van der Waals surface area (Å²) < 4.78 is 0. The lowest BCUT2D eigenvalue weighted by atomic mass is 9.91. The van der Waals surface area contributed by atoms with Gasteiger partial charge in [0.15, 0.2) is 0 Å². The lowest BCUT2D eigenvalue weighted by Crippen LogP contribution is -2.28. The van der Waals surface area contributed by atoms with Crippen LogP contribution in [-0.2, 0) is 0 Å². The van der Waals surface area contributed by atoms with E-state index in [-0.39, 0.29) is 6.04 Å². The maximum Gasteiger partial charge on any atom is 0.0629 e. The summed E-state index contributed by atoms with van der Waals surface area (Å²) in [6.45, 7) is 0. The predicted molar refractivity (Wildman–Crippen MR) is 246 cm³/mol. The largest absolute Gasteiger partial charge is 0.333 e. The molecule has 0 N–H and O–H groups in total. The van der Waals surface area contributed by atoms with Crippen LogP contribution in [0.4, 0.5) is 28.4 Å². The molecule has 2 nitrogen and oxygen atoms in total. The Morgan fingerprint density at radius 2 is 0.862 bits per heavy atom. The van der Waals surface area contributed by atoms with Crippen molar-refractivity contribution in [2.45, 2.75) is 12.0 Å². The van der Waals surface area contributed by atoms with Gasteiger partial charge in [-0.25, -0.2) is 0 Å². The molecule has 0 spiro atoms. The molecule has 1 heterocycles. The Morgan fingerprint density at radius 1 is 0.345 bits per heavy atom. The topological polar surface area (TPSA) is 6.48 Å². The number of nitrogens with zero attached hydrogens (tertiary/aromatic N) is 2. The summed E-state index contributed by atoms with van der Waals surface area (Å²) >= 11 is 0. The second kappa shape index (κ2) is 14.3. The first kappa shape index (κ1) is 33.9. The van der Waals surface area contributed by atoms with E-state index in [9.17, 15) is 0 Å². The van der Waals surface area contributed by atoms with Crippen molar-refractivity contribution in [3.63, 3.8) is 0 Å². The van der Waals surface area contributed by atoms with Gasteiger partial charge in [0, 0.05) is 34.4 Å². The van der Waals surface area contributed by atoms with E-state index in [0.717, 1.165) is 17.1 Å². The maximum atomic E-state index is 2.51. The minimum absolute atomic E-state index is 0.232. The summed E-state index contributed by atoms with van der Waals surface area (Å²) in [5.41, 5.74) is 14.4. The summed E-state index contributed by atoms with van der Waals surface area (Å²) in [4.78, 5) is 4.93. The number of fused-ring (bicyclic) bond motifs is 5. The van der Waals surface area contributed by atoms with Gasteiger partial charge >= 0.3 is 0 Å². The molecular formula is C56H40N2. The van der Waals surface area contributed by atoms with Crippen LogP contribution in [0, 0.1) is 0 Å². The van der Waals surface area contributed by atoms with Crippen molar-refractivity contribution in [1.29, 1.82) is 0 Å². The van der Waals surface area contributed by atoms with E-state index in [1.54, 1.807) is 0 Å². The van der Waals surface area contributed by atoms with Gasteiger partial charge in [-0.2, -0.15) is 0 Å². The van der Waals surface area contributed by atoms with E-state index in [4.69, 9.17) is 0 Å². The molecular weight excluding hydrogens is 701 g/mol.